The first-order chi connectivity index (χ1) is 10.8. The van der Waals surface area contributed by atoms with E-state index < -0.39 is 18.7 Å². The van der Waals surface area contributed by atoms with Crippen molar-refractivity contribution >= 4 is 13.6 Å². The third-order valence-corrected chi connectivity index (χ3v) is 6.17. The minimum atomic E-state index is -4.39. The molecule has 0 heterocycles. The molecule has 0 aromatic heterocycles. The predicted octanol–water partition coefficient (Wildman–Crippen LogP) is 1.71. The Morgan fingerprint density at radius 1 is 1.04 bits per heavy atom. The largest absolute Gasteiger partial charge is 1.00 e. The van der Waals surface area contributed by atoms with Crippen LogP contribution in [0.1, 0.15) is 74.7 Å². The van der Waals surface area contributed by atoms with Crippen LogP contribution in [0.3, 0.4) is 0 Å². The van der Waals surface area contributed by atoms with Crippen molar-refractivity contribution in [1.29, 1.82) is 0 Å². The van der Waals surface area contributed by atoms with Crippen LogP contribution in [-0.4, -0.2) is 38.1 Å². The van der Waals surface area contributed by atoms with Crippen LogP contribution in [0.25, 0.3) is 5.32 Å². The van der Waals surface area contributed by atoms with Gasteiger partial charge in [0.2, 0.25) is 0 Å². The topological polar surface area (TPSA) is 109 Å². The van der Waals surface area contributed by atoms with Gasteiger partial charge in [-0.3, -0.25) is 4.57 Å². The van der Waals surface area contributed by atoms with E-state index in [2.05, 4.69) is 33.0 Å². The molecule has 0 saturated carbocycles. The van der Waals surface area contributed by atoms with Crippen LogP contribution >= 0.6 is 7.60 Å². The SMILES string of the molecule is CC(C)[N-]C(C)C.CCC(C(=O)O)=C(C)C(CC)(CC)P(=O)(O)O.[Li+]. The van der Waals surface area contributed by atoms with Gasteiger partial charge in [-0.15, -0.1) is 12.1 Å². The first-order valence-corrected chi connectivity index (χ1v) is 10.1. The minimum absolute atomic E-state index is 0. The second-order valence-electron chi connectivity index (χ2n) is 6.38. The Morgan fingerprint density at radius 3 is 1.52 bits per heavy atom. The molecule has 0 fully saturated rings. The number of carboxylic acid groups (broad SMARTS) is 1. The summed E-state index contributed by atoms with van der Waals surface area (Å²) < 4.78 is 11.7. The molecular formula is C17H35LiNO5P. The van der Waals surface area contributed by atoms with Crippen molar-refractivity contribution in [3.8, 4) is 0 Å². The van der Waals surface area contributed by atoms with E-state index >= 15 is 0 Å². The van der Waals surface area contributed by atoms with E-state index in [9.17, 15) is 19.1 Å². The number of hydrogen-bond donors (Lipinski definition) is 3. The van der Waals surface area contributed by atoms with E-state index in [1.807, 2.05) is 0 Å². The van der Waals surface area contributed by atoms with Gasteiger partial charge < -0.3 is 20.2 Å². The zero-order valence-electron chi connectivity index (χ0n) is 17.3. The number of carbonyl (C=O) groups is 1. The molecule has 3 N–H and O–H groups in total. The van der Waals surface area contributed by atoms with Crippen molar-refractivity contribution < 1.29 is 43.1 Å². The molecule has 0 rings (SSSR count). The van der Waals surface area contributed by atoms with Crippen LogP contribution in [0.15, 0.2) is 11.1 Å². The first-order valence-electron chi connectivity index (χ1n) is 8.49. The van der Waals surface area contributed by atoms with Crippen LogP contribution in [0.4, 0.5) is 0 Å². The first kappa shape index (κ1) is 29.7. The standard InChI is InChI=1S/C11H21O5P.C6H14N.Li/c1-5-9(10(12)13)8(4)11(6-2,7-3)17(14,15)16;1-5(2)7-6(3)4;/h5-7H2,1-4H3,(H,12,13)(H2,14,15,16);5-6H,1-4H3;/q;-1;+1. The molecule has 0 aliphatic carbocycles. The smallest absolute Gasteiger partial charge is 0.658 e. The number of rotatable bonds is 8. The average molecular weight is 371 g/mol. The van der Waals surface area contributed by atoms with E-state index in [0.717, 1.165) is 0 Å². The van der Waals surface area contributed by atoms with Gasteiger partial charge in [-0.2, -0.15) is 0 Å². The van der Waals surface area contributed by atoms with Crippen molar-refractivity contribution in [2.45, 2.75) is 91.9 Å². The zero-order chi connectivity index (χ0) is 19.7. The molecule has 0 radical (unpaired) electrons. The Morgan fingerprint density at radius 2 is 1.40 bits per heavy atom. The Kier molecular flexibility index (Phi) is 15.6. The van der Waals surface area contributed by atoms with Crippen molar-refractivity contribution in [3.63, 3.8) is 0 Å². The minimum Gasteiger partial charge on any atom is -0.658 e. The molecule has 6 nitrogen and oxygen atoms in total. The zero-order valence-corrected chi connectivity index (χ0v) is 18.2. The maximum Gasteiger partial charge on any atom is 1.00 e. The van der Waals surface area contributed by atoms with Crippen molar-refractivity contribution in [2.24, 2.45) is 0 Å². The summed E-state index contributed by atoms with van der Waals surface area (Å²) in [5.41, 5.74) is 0.392. The van der Waals surface area contributed by atoms with Gasteiger partial charge in [-0.1, -0.05) is 48.5 Å². The van der Waals surface area contributed by atoms with Gasteiger partial charge in [-0.05, 0) is 31.8 Å². The number of carboxylic acids is 1. The number of nitrogens with zero attached hydrogens (tertiary/aromatic N) is 1. The van der Waals surface area contributed by atoms with E-state index in [0.29, 0.717) is 17.7 Å². The molecule has 8 heteroatoms. The van der Waals surface area contributed by atoms with E-state index in [4.69, 9.17) is 5.11 Å². The molecule has 0 spiro atoms. The molecule has 0 aliphatic heterocycles. The van der Waals surface area contributed by atoms with Crippen molar-refractivity contribution in [1.82, 2.24) is 0 Å². The molecule has 0 aliphatic rings. The van der Waals surface area contributed by atoms with Crippen LogP contribution in [-0.2, 0) is 9.36 Å². The molecule has 0 bridgehead atoms. The average Bonchev–Trinajstić information content (AvgIpc) is 2.38. The second kappa shape index (κ2) is 13.1. The molecule has 0 aromatic carbocycles. The summed E-state index contributed by atoms with van der Waals surface area (Å²) in [7, 11) is -4.39. The summed E-state index contributed by atoms with van der Waals surface area (Å²) in [6, 6.07) is 1.000. The van der Waals surface area contributed by atoms with Crippen LogP contribution in [0.5, 0.6) is 0 Å². The summed E-state index contributed by atoms with van der Waals surface area (Å²) in [5, 5.41) is 12.0. The van der Waals surface area contributed by atoms with Gasteiger partial charge in [0.15, 0.2) is 0 Å². The van der Waals surface area contributed by atoms with Crippen LogP contribution in [0.2, 0.25) is 0 Å². The molecule has 25 heavy (non-hydrogen) atoms. The summed E-state index contributed by atoms with van der Waals surface area (Å²) >= 11 is 0. The van der Waals surface area contributed by atoms with Crippen LogP contribution < -0.4 is 18.9 Å². The predicted molar refractivity (Wildman–Crippen MR) is 99.6 cm³/mol. The molecule has 0 aromatic rings. The van der Waals surface area contributed by atoms with Gasteiger partial charge in [0.05, 0.1) is 5.16 Å². The normalized spacial score (nSPS) is 13.0. The third kappa shape index (κ3) is 9.42. The fourth-order valence-electron chi connectivity index (χ4n) is 2.86. The summed E-state index contributed by atoms with van der Waals surface area (Å²) in [6.45, 7) is 14.9. The van der Waals surface area contributed by atoms with Gasteiger partial charge in [0, 0.05) is 5.57 Å². The Bertz CT molecular complexity index is 462. The molecule has 144 valence electrons. The fraction of sp³-hybridized carbons (Fsp3) is 0.824. The Labute approximate surface area is 165 Å². The van der Waals surface area contributed by atoms with Gasteiger partial charge in [-0.25, -0.2) is 4.79 Å². The monoisotopic (exact) mass is 371 g/mol. The van der Waals surface area contributed by atoms with Gasteiger partial charge in [0.25, 0.3) is 0 Å². The Hall–Kier alpha value is -0.0826. The number of allylic oxidation sites excluding steroid dienone is 1. The number of aliphatic carboxylic acids is 1. The van der Waals surface area contributed by atoms with Crippen molar-refractivity contribution in [2.75, 3.05) is 0 Å². The maximum absolute atomic E-state index is 11.7. The molecule has 0 amide bonds. The molecule has 0 atom stereocenters. The Balaban J connectivity index is -0.000000513. The van der Waals surface area contributed by atoms with Gasteiger partial charge in [0.1, 0.15) is 0 Å². The quantitative estimate of drug-likeness (QED) is 0.342. The van der Waals surface area contributed by atoms with Crippen molar-refractivity contribution in [3.05, 3.63) is 16.5 Å². The van der Waals surface area contributed by atoms with E-state index in [1.165, 1.54) is 6.92 Å². The second-order valence-corrected chi connectivity index (χ2v) is 8.33. The number of hydrogen-bond acceptors (Lipinski definition) is 2. The van der Waals surface area contributed by atoms with Crippen LogP contribution in [0, 0.1) is 0 Å². The van der Waals surface area contributed by atoms with E-state index in [1.54, 1.807) is 20.8 Å². The third-order valence-electron chi connectivity index (χ3n) is 4.09. The summed E-state index contributed by atoms with van der Waals surface area (Å²) in [5.74, 6) is -1.11. The van der Waals surface area contributed by atoms with E-state index in [-0.39, 0.29) is 43.7 Å². The molecular weight excluding hydrogens is 336 g/mol. The summed E-state index contributed by atoms with van der Waals surface area (Å²) in [6.07, 6.45) is 0.690. The summed E-state index contributed by atoms with van der Waals surface area (Å²) in [4.78, 5) is 30.1. The fourth-order valence-corrected chi connectivity index (χ4v) is 4.26. The molecule has 0 unspecified atom stereocenters. The van der Waals surface area contributed by atoms with Gasteiger partial charge >= 0.3 is 32.4 Å². The molecule has 0 saturated heterocycles. The maximum atomic E-state index is 11.7.